The third-order valence-corrected chi connectivity index (χ3v) is 25.9. The zero-order chi connectivity index (χ0) is 107. The number of carboxylic acids is 2. The molecule has 5 aromatic carbocycles. The minimum absolute atomic E-state index is 0. The first-order chi connectivity index (χ1) is 71.4. The van der Waals surface area contributed by atoms with E-state index in [1.807, 2.05) is 84.3 Å². The molecule has 12 heterocycles. The molecule has 0 aliphatic carbocycles. The van der Waals surface area contributed by atoms with Gasteiger partial charge in [0.25, 0.3) is 17.7 Å². The summed E-state index contributed by atoms with van der Waals surface area (Å²) in [4.78, 5) is 158. The van der Waals surface area contributed by atoms with Crippen molar-refractivity contribution in [1.29, 1.82) is 0 Å². The Morgan fingerprint density at radius 3 is 1.45 bits per heavy atom. The van der Waals surface area contributed by atoms with Crippen molar-refractivity contribution in [1.82, 2.24) is 102 Å². The number of halogens is 1. The summed E-state index contributed by atoms with van der Waals surface area (Å²) in [5.41, 5.74) is 51.1. The van der Waals surface area contributed by atoms with E-state index in [-0.39, 0.29) is 58.3 Å². The number of H-pyrrole nitrogens is 1. The number of imidazole rings is 5. The molecule has 0 radical (unpaired) electrons. The van der Waals surface area contributed by atoms with Crippen LogP contribution in [0.2, 0.25) is 0 Å². The van der Waals surface area contributed by atoms with Crippen molar-refractivity contribution in [3.63, 3.8) is 0 Å². The van der Waals surface area contributed by atoms with Gasteiger partial charge in [0, 0.05) is 110 Å². The summed E-state index contributed by atoms with van der Waals surface area (Å²) in [6.45, 7) is 33.8. The first kappa shape index (κ1) is 110. The van der Waals surface area contributed by atoms with Crippen molar-refractivity contribution in [2.75, 3.05) is 21.7 Å². The van der Waals surface area contributed by atoms with Gasteiger partial charge < -0.3 is 74.1 Å². The van der Waals surface area contributed by atoms with Crippen LogP contribution in [0.3, 0.4) is 0 Å². The number of anilines is 4. The summed E-state index contributed by atoms with van der Waals surface area (Å²) in [5, 5.41) is 54.6. The fraction of sp³-hybridized carbons (Fsp3) is 0.333. The van der Waals surface area contributed by atoms with E-state index in [1.54, 1.807) is 147 Å². The molecule has 0 spiro atoms. The summed E-state index contributed by atoms with van der Waals surface area (Å²) < 4.78 is 19.4. The quantitative estimate of drug-likeness (QED) is 0.00788. The average Bonchev–Trinajstić information content (AvgIpc) is 1.68. The number of nitrogen functional groups attached to an aromatic ring is 1. The summed E-state index contributed by atoms with van der Waals surface area (Å²) in [6, 6.07) is 30.4. The number of primary amides is 5. The average molecular weight is 2110 g/mol. The second kappa shape index (κ2) is 48.7. The summed E-state index contributed by atoms with van der Waals surface area (Å²) in [6.07, 6.45) is 15.6. The molecule has 0 saturated carbocycles. The number of aromatic carboxylic acids is 2. The third-order valence-electron chi connectivity index (χ3n) is 25.9. The number of aromatic nitrogens is 22. The van der Waals surface area contributed by atoms with Crippen molar-refractivity contribution in [2.45, 2.75) is 231 Å². The second-order valence-corrected chi connectivity index (χ2v) is 36.3. The number of nitrogens with one attached hydrogen (secondary N) is 4. The SMILES string of the molecule is C=CC[n+]1c(N)[nH]c2cc(C(N)=O)ccc21.C=CCn1c(CC(=O)c2cc(C)nn2CCCCCc2c(C)nn(CC)c2C(=O)Nc2nc3cc(C(N)=O)ccc3n2CC=C)nc2cc(C(N)=O)ccc21.CCn1nc(C)c(CCCCCn2nc(C)cc2C(=O)O)c1C(=O)O.CCn1nc(C)c2c1C(=O)Nc1nc3cc(C(N)=O)ccc3n1CCCCn1c(nc3cc(C(N)=O)ccc31)NC(=O)c1cc(C)nn1CCCCC2.[Br-]. The van der Waals surface area contributed by atoms with Gasteiger partial charge >= 0.3 is 17.9 Å². The van der Waals surface area contributed by atoms with Gasteiger partial charge in [-0.05, 0) is 242 Å². The van der Waals surface area contributed by atoms with Crippen LogP contribution >= 0.6 is 0 Å². The lowest BCUT2D eigenvalue weighted by atomic mass is 10.0. The van der Waals surface area contributed by atoms with E-state index in [0.717, 1.165) is 136 Å². The second-order valence-electron chi connectivity index (χ2n) is 36.3. The molecule has 44 nitrogen and oxygen atoms in total. The first-order valence-electron chi connectivity index (χ1n) is 49.3. The van der Waals surface area contributed by atoms with Crippen molar-refractivity contribution >= 4 is 144 Å². The zero-order valence-electron chi connectivity index (χ0n) is 85.2. The van der Waals surface area contributed by atoms with Gasteiger partial charge in [-0.3, -0.25) is 92.9 Å². The molecule has 0 fully saturated rings. The number of ketones is 1. The third kappa shape index (κ3) is 24.8. The van der Waals surface area contributed by atoms with Crippen LogP contribution in [0.25, 0.3) is 55.2 Å². The molecule has 11 aromatic heterocycles. The van der Waals surface area contributed by atoms with E-state index in [2.05, 4.69) is 81.2 Å². The number of benzene rings is 5. The Hall–Kier alpha value is -17.4. The number of carbonyl (C=O) groups is 11. The highest BCUT2D eigenvalue weighted by Crippen LogP contribution is 2.32. The molecule has 16 aromatic rings. The van der Waals surface area contributed by atoms with E-state index in [0.29, 0.717) is 212 Å². The largest absolute Gasteiger partial charge is 1.00 e. The highest BCUT2D eigenvalue weighted by atomic mass is 79.9. The predicted molar refractivity (Wildman–Crippen MR) is 562 cm³/mol. The molecule has 17 rings (SSSR count). The van der Waals surface area contributed by atoms with Crippen LogP contribution in [-0.4, -0.2) is 177 Å². The minimum atomic E-state index is -0.977. The molecule has 8 amide bonds. The minimum Gasteiger partial charge on any atom is -1.00 e. The van der Waals surface area contributed by atoms with Crippen LogP contribution in [0.4, 0.5) is 23.8 Å². The van der Waals surface area contributed by atoms with Gasteiger partial charge in [-0.1, -0.05) is 44.1 Å². The number of amides is 8. The van der Waals surface area contributed by atoms with Gasteiger partial charge in [-0.15, -0.1) is 13.2 Å². The fourth-order valence-electron chi connectivity index (χ4n) is 18.8. The number of aryl methyl sites for hydroxylation is 14. The van der Waals surface area contributed by atoms with Crippen LogP contribution in [-0.2, 0) is 97.7 Å². The number of Topliss-reactive ketones (excluding diaryl/α,β-unsaturated/α-hetero) is 1. The topological polar surface area (TPSA) is 618 Å². The Bertz CT molecular complexity index is 7910. The Labute approximate surface area is 872 Å². The number of carbonyl (C=O) groups excluding carboxylic acids is 9. The fourth-order valence-corrected chi connectivity index (χ4v) is 18.8. The van der Waals surface area contributed by atoms with Gasteiger partial charge in [-0.2, -0.15) is 30.6 Å². The number of fused-ring (bicyclic) bond motifs is 11. The molecule has 0 bridgehead atoms. The summed E-state index contributed by atoms with van der Waals surface area (Å²) >= 11 is 0. The smallest absolute Gasteiger partial charge is 0.354 e. The van der Waals surface area contributed by atoms with Gasteiger partial charge in [0.15, 0.2) is 5.78 Å². The maximum atomic E-state index is 14.1. The predicted octanol–water partition coefficient (Wildman–Crippen LogP) is 9.25. The van der Waals surface area contributed by atoms with Crippen LogP contribution in [0.1, 0.15) is 263 Å². The number of nitrogens with zero attached hydrogens (tertiary/aromatic N) is 21. The molecule has 784 valence electrons. The van der Waals surface area contributed by atoms with Crippen molar-refractivity contribution in [2.24, 2.45) is 28.7 Å². The van der Waals surface area contributed by atoms with Crippen molar-refractivity contribution < 1.29 is 84.5 Å². The van der Waals surface area contributed by atoms with Gasteiger partial charge in [-0.25, -0.2) is 39.1 Å². The molecule has 18 N–H and O–H groups in total. The van der Waals surface area contributed by atoms with E-state index >= 15 is 0 Å². The van der Waals surface area contributed by atoms with Crippen LogP contribution in [0.15, 0.2) is 147 Å². The number of aromatic amines is 1. The number of carboxylic acid groups (broad SMARTS) is 2. The maximum absolute atomic E-state index is 14.1. The summed E-state index contributed by atoms with van der Waals surface area (Å²) in [7, 11) is 0. The lowest BCUT2D eigenvalue weighted by molar-refractivity contribution is -0.645. The Morgan fingerprint density at radius 2 is 0.927 bits per heavy atom. The number of rotatable bonds is 33. The number of hydrogen-bond acceptors (Lipinski definition) is 22. The molecular formula is C105H124BrN31O13. The van der Waals surface area contributed by atoms with Crippen LogP contribution < -0.4 is 71.9 Å². The highest BCUT2D eigenvalue weighted by Gasteiger charge is 2.31. The molecule has 1 aliphatic heterocycles. The standard InChI is InChI=1S/C40H45N11O4.C37H42N12O4.C17H24N4O4.C11H12N4O.BrH/c1-6-17-48-31-15-13-26(37(41)53)21-29(31)43-35(48)23-34(52)33-20-24(4)46-51(33)19-11-9-10-12-28-25(5)47-50(8-3)36(28)39(55)45-40-44-30-22-27(38(42)54)14-16-32(30)49(40)18-7-2;1-4-48-31-25(22(3)45-48)10-6-5-7-17-49-30(18-21(2)44-49)34(52)42-36-40-26-19-23(32(38)50)11-13-28(26)46(36)15-8-9-16-47-29-14-12-24(33(39)51)20-27(29)41-37(47)43-35(31)53;1-4-20-15(17(24)25)13(12(3)19-20)8-6-5-7-9-21-14(16(22)23)10-11(2)18-21;1-2-5-15-9-4-3-7(10(12)16)6-8(9)14-11(15)13;/h6-7,13-16,20-22H,1-2,8-12,17-19,23H2,3-5H3,(H2,41,53)(H2,42,54)(H,44,45,55);11-14,18-20H,4-10,15-17H2,1-3H3,(H2,38,50)(H2,39,51)(H,40,42,52)(H,41,43,53);10H,4-9H2,1-3H3,(H,22,23)(H,24,25);2-4,6H,1,5H2,(H4,12,13,14,16);1H. The van der Waals surface area contributed by atoms with E-state index in [1.165, 1.54) is 9.36 Å². The zero-order valence-corrected chi connectivity index (χ0v) is 86.8. The van der Waals surface area contributed by atoms with Gasteiger partial charge in [0.05, 0.1) is 91.3 Å². The van der Waals surface area contributed by atoms with Crippen molar-refractivity contribution in [3.8, 4) is 0 Å². The Balaban J connectivity index is 0.000000182. The lowest BCUT2D eigenvalue weighted by Gasteiger charge is -2.13. The number of hydrogen-bond donors (Lipinski definition) is 12. The molecule has 0 unspecified atom stereocenters. The molecule has 150 heavy (non-hydrogen) atoms. The number of allylic oxidation sites excluding steroid dienone is 3. The Kier molecular flexibility index (Phi) is 35.7. The lowest BCUT2D eigenvalue weighted by Crippen LogP contribution is -3.00. The van der Waals surface area contributed by atoms with E-state index in [9.17, 15) is 57.8 Å². The Morgan fingerprint density at radius 1 is 0.467 bits per heavy atom. The molecular weight excluding hydrogens is 1980 g/mol. The van der Waals surface area contributed by atoms with E-state index in [4.69, 9.17) is 49.5 Å². The highest BCUT2D eigenvalue weighted by molar-refractivity contribution is 6.07. The maximum Gasteiger partial charge on any atom is 0.354 e. The van der Waals surface area contributed by atoms with E-state index < -0.39 is 41.5 Å². The summed E-state index contributed by atoms with van der Waals surface area (Å²) in [5.74, 6) is -3.66. The molecule has 45 heteroatoms. The normalized spacial score (nSPS) is 12.3. The molecule has 0 saturated heterocycles. The molecule has 0 atom stereocenters. The molecule has 1 aliphatic rings. The van der Waals surface area contributed by atoms with Gasteiger partial charge in [0.2, 0.25) is 47.4 Å². The first-order valence-corrected chi connectivity index (χ1v) is 49.3. The van der Waals surface area contributed by atoms with Crippen molar-refractivity contribution in [3.05, 3.63) is 266 Å². The monoisotopic (exact) mass is 2110 g/mol. The van der Waals surface area contributed by atoms with Crippen LogP contribution in [0.5, 0.6) is 0 Å². The number of unbranched alkanes of at least 4 members (excludes halogenated alkanes) is 4. The number of nitrogens with two attached hydrogens (primary N) is 6. The van der Waals surface area contributed by atoms with Crippen LogP contribution in [0, 0.1) is 41.5 Å². The van der Waals surface area contributed by atoms with Gasteiger partial charge in [0.1, 0.15) is 51.0 Å².